The van der Waals surface area contributed by atoms with Gasteiger partial charge in [-0.3, -0.25) is 19.3 Å². The first kappa shape index (κ1) is 24.1. The Morgan fingerprint density at radius 3 is 2.61 bits per heavy atom. The summed E-state index contributed by atoms with van der Waals surface area (Å²) in [4.78, 5) is 38.4. The lowest BCUT2D eigenvalue weighted by Crippen LogP contribution is -2.37. The second-order valence-corrected chi connectivity index (χ2v) is 7.39. The largest absolute Gasteiger partial charge is 0.466 e. The molecule has 1 aliphatic heterocycles. The summed E-state index contributed by atoms with van der Waals surface area (Å²) >= 11 is 5.67. The standard InChI is InChI=1S/C22H19ClF3N3O4/c1-2-33-21(32)11-14-10-20(31)29(18-6-4-3-5-17(18)27-14)12-19(30)28-16-8-7-13(23)9-15(16)22(24,25)26/h3-10,27H,2,11-12H2,1H3,(H,28,30). The molecule has 0 bridgehead atoms. The number of nitrogens with zero attached hydrogens (tertiary/aromatic N) is 1. The number of anilines is 3. The van der Waals surface area contributed by atoms with Crippen molar-refractivity contribution in [3.8, 4) is 0 Å². The predicted octanol–water partition coefficient (Wildman–Crippen LogP) is 4.59. The van der Waals surface area contributed by atoms with E-state index in [4.69, 9.17) is 16.3 Å². The summed E-state index contributed by atoms with van der Waals surface area (Å²) in [7, 11) is 0. The zero-order valence-electron chi connectivity index (χ0n) is 17.3. The van der Waals surface area contributed by atoms with Crippen molar-refractivity contribution in [3.63, 3.8) is 0 Å². The van der Waals surface area contributed by atoms with E-state index in [0.717, 1.165) is 17.0 Å². The number of halogens is 4. The van der Waals surface area contributed by atoms with Crippen LogP contribution in [-0.2, 0) is 25.3 Å². The molecular formula is C22H19ClF3N3O4. The maximum atomic E-state index is 13.3. The zero-order chi connectivity index (χ0) is 24.2. The Kier molecular flexibility index (Phi) is 7.27. The molecule has 2 amide bonds. The van der Waals surface area contributed by atoms with Gasteiger partial charge in [0.2, 0.25) is 5.91 Å². The average Bonchev–Trinajstić information content (AvgIpc) is 2.85. The van der Waals surface area contributed by atoms with Crippen molar-refractivity contribution in [2.24, 2.45) is 0 Å². The Morgan fingerprint density at radius 1 is 1.18 bits per heavy atom. The molecule has 0 radical (unpaired) electrons. The van der Waals surface area contributed by atoms with E-state index in [2.05, 4.69) is 10.6 Å². The van der Waals surface area contributed by atoms with E-state index in [1.165, 1.54) is 6.07 Å². The van der Waals surface area contributed by atoms with E-state index in [1.807, 2.05) is 0 Å². The SMILES string of the molecule is CCOC(=O)CC1=CC(=O)N(CC(=O)Nc2ccc(Cl)cc2C(F)(F)F)c2ccccc2N1. The Balaban J connectivity index is 1.86. The molecule has 3 rings (SSSR count). The van der Waals surface area contributed by atoms with Crippen LogP contribution in [0.15, 0.2) is 54.2 Å². The summed E-state index contributed by atoms with van der Waals surface area (Å²) in [6.07, 6.45) is -3.80. The number of para-hydroxylation sites is 2. The first-order valence-electron chi connectivity index (χ1n) is 9.79. The molecule has 0 saturated heterocycles. The molecule has 0 spiro atoms. The first-order valence-corrected chi connectivity index (χ1v) is 10.2. The number of ether oxygens (including phenoxy) is 1. The van der Waals surface area contributed by atoms with Gasteiger partial charge >= 0.3 is 12.1 Å². The van der Waals surface area contributed by atoms with Gasteiger partial charge in [-0.05, 0) is 37.3 Å². The molecule has 33 heavy (non-hydrogen) atoms. The van der Waals surface area contributed by atoms with Crippen LogP contribution >= 0.6 is 11.6 Å². The van der Waals surface area contributed by atoms with Crippen molar-refractivity contribution in [2.45, 2.75) is 19.5 Å². The summed E-state index contributed by atoms with van der Waals surface area (Å²) in [5, 5.41) is 5.03. The van der Waals surface area contributed by atoms with Gasteiger partial charge in [0.15, 0.2) is 0 Å². The van der Waals surface area contributed by atoms with Crippen LogP contribution in [-0.4, -0.2) is 30.9 Å². The minimum atomic E-state index is -4.74. The normalized spacial score (nSPS) is 13.4. The lowest BCUT2D eigenvalue weighted by molar-refractivity contribution is -0.142. The second-order valence-electron chi connectivity index (χ2n) is 6.95. The highest BCUT2D eigenvalue weighted by Crippen LogP contribution is 2.37. The van der Waals surface area contributed by atoms with Crippen LogP contribution in [0, 0.1) is 0 Å². The molecule has 0 aliphatic carbocycles. The van der Waals surface area contributed by atoms with Gasteiger partial charge in [0.05, 0.1) is 35.7 Å². The molecule has 2 N–H and O–H groups in total. The molecule has 2 aromatic rings. The minimum absolute atomic E-state index is 0.137. The Morgan fingerprint density at radius 2 is 1.91 bits per heavy atom. The summed E-state index contributed by atoms with van der Waals surface area (Å²) < 4.78 is 44.9. The molecule has 1 heterocycles. The third-order valence-corrected chi connectivity index (χ3v) is 4.79. The molecule has 0 fully saturated rings. The molecule has 0 saturated carbocycles. The van der Waals surface area contributed by atoms with Gasteiger partial charge in [-0.2, -0.15) is 13.2 Å². The minimum Gasteiger partial charge on any atom is -0.466 e. The molecule has 1 aliphatic rings. The van der Waals surface area contributed by atoms with Crippen LogP contribution in [0.1, 0.15) is 18.9 Å². The number of benzene rings is 2. The number of hydrogen-bond donors (Lipinski definition) is 2. The van der Waals surface area contributed by atoms with E-state index < -0.39 is 41.8 Å². The van der Waals surface area contributed by atoms with Crippen molar-refractivity contribution in [2.75, 3.05) is 28.7 Å². The highest BCUT2D eigenvalue weighted by Gasteiger charge is 2.34. The number of amides is 2. The van der Waals surface area contributed by atoms with Crippen LogP contribution in [0.25, 0.3) is 0 Å². The molecule has 7 nitrogen and oxygen atoms in total. The fourth-order valence-corrected chi connectivity index (χ4v) is 3.36. The van der Waals surface area contributed by atoms with Crippen molar-refractivity contribution < 1.29 is 32.3 Å². The van der Waals surface area contributed by atoms with E-state index in [9.17, 15) is 27.6 Å². The number of carbonyl (C=O) groups is 3. The highest BCUT2D eigenvalue weighted by molar-refractivity contribution is 6.30. The third kappa shape index (κ3) is 6.04. The van der Waals surface area contributed by atoms with Crippen LogP contribution < -0.4 is 15.5 Å². The molecule has 11 heteroatoms. The van der Waals surface area contributed by atoms with E-state index >= 15 is 0 Å². The Bertz CT molecular complexity index is 1120. The highest BCUT2D eigenvalue weighted by atomic mass is 35.5. The Hall–Kier alpha value is -3.53. The number of esters is 1. The van der Waals surface area contributed by atoms with Gasteiger partial charge in [0.25, 0.3) is 5.91 Å². The number of rotatable bonds is 6. The van der Waals surface area contributed by atoms with Crippen LogP contribution in [0.5, 0.6) is 0 Å². The van der Waals surface area contributed by atoms with E-state index in [0.29, 0.717) is 17.4 Å². The van der Waals surface area contributed by atoms with Gasteiger partial charge in [-0.25, -0.2) is 0 Å². The summed E-state index contributed by atoms with van der Waals surface area (Å²) in [6.45, 7) is 1.26. The Labute approximate surface area is 192 Å². The van der Waals surface area contributed by atoms with E-state index in [-0.39, 0.29) is 23.7 Å². The van der Waals surface area contributed by atoms with E-state index in [1.54, 1.807) is 31.2 Å². The van der Waals surface area contributed by atoms with Gasteiger partial charge in [0, 0.05) is 16.8 Å². The smallest absolute Gasteiger partial charge is 0.418 e. The van der Waals surface area contributed by atoms with Crippen molar-refractivity contribution in [3.05, 3.63) is 64.8 Å². The van der Waals surface area contributed by atoms with Crippen molar-refractivity contribution in [1.29, 1.82) is 0 Å². The topological polar surface area (TPSA) is 87.7 Å². The number of carbonyl (C=O) groups excluding carboxylic acids is 3. The van der Waals surface area contributed by atoms with Gasteiger partial charge in [-0.1, -0.05) is 23.7 Å². The van der Waals surface area contributed by atoms with Crippen molar-refractivity contribution in [1.82, 2.24) is 0 Å². The average molecular weight is 482 g/mol. The summed E-state index contributed by atoms with van der Waals surface area (Å²) in [5.74, 6) is -2.03. The maximum Gasteiger partial charge on any atom is 0.418 e. The lowest BCUT2D eigenvalue weighted by Gasteiger charge is -2.22. The number of alkyl halides is 3. The molecule has 0 unspecified atom stereocenters. The third-order valence-electron chi connectivity index (χ3n) is 4.56. The monoisotopic (exact) mass is 481 g/mol. The number of nitrogens with one attached hydrogen (secondary N) is 2. The summed E-state index contributed by atoms with van der Waals surface area (Å²) in [6, 6.07) is 9.49. The quantitative estimate of drug-likeness (QED) is 0.589. The lowest BCUT2D eigenvalue weighted by atomic mass is 10.1. The number of fused-ring (bicyclic) bond motifs is 1. The van der Waals surface area contributed by atoms with Gasteiger partial charge in [-0.15, -0.1) is 0 Å². The maximum absolute atomic E-state index is 13.3. The van der Waals surface area contributed by atoms with Crippen molar-refractivity contribution >= 4 is 46.4 Å². The molecule has 0 atom stereocenters. The molecule has 2 aromatic carbocycles. The number of hydrogen-bond acceptors (Lipinski definition) is 5. The van der Waals surface area contributed by atoms with Crippen LogP contribution in [0.2, 0.25) is 5.02 Å². The fourth-order valence-electron chi connectivity index (χ4n) is 3.19. The van der Waals surface area contributed by atoms with Gasteiger partial charge in [0.1, 0.15) is 6.54 Å². The molecule has 174 valence electrons. The predicted molar refractivity (Wildman–Crippen MR) is 117 cm³/mol. The van der Waals surface area contributed by atoms with Crippen LogP contribution in [0.3, 0.4) is 0 Å². The van der Waals surface area contributed by atoms with Crippen LogP contribution in [0.4, 0.5) is 30.2 Å². The zero-order valence-corrected chi connectivity index (χ0v) is 18.1. The second kappa shape index (κ2) is 9.95. The summed E-state index contributed by atoms with van der Waals surface area (Å²) in [5.41, 5.74) is -0.576. The fraction of sp³-hybridized carbons (Fsp3) is 0.227. The van der Waals surface area contributed by atoms with Gasteiger partial charge < -0.3 is 15.4 Å². The first-order chi connectivity index (χ1) is 15.6. The molecular weight excluding hydrogens is 463 g/mol. The molecule has 0 aromatic heterocycles.